The fraction of sp³-hybridized carbons (Fsp3) is 0.423. The third kappa shape index (κ3) is 13.4. The normalized spacial score (nSPS) is 16.6. The van der Waals surface area contributed by atoms with Crippen LogP contribution in [0.5, 0.6) is 0 Å². The molecule has 6 rings (SSSR count). The quantitative estimate of drug-likeness (QED) is 0.0970. The zero-order valence-electron chi connectivity index (χ0n) is 38.8. The molecule has 4 N–H and O–H groups in total. The van der Waals surface area contributed by atoms with Gasteiger partial charge in [0.05, 0.1) is 25.2 Å². The van der Waals surface area contributed by atoms with E-state index in [9.17, 15) is 28.8 Å². The summed E-state index contributed by atoms with van der Waals surface area (Å²) < 4.78 is 0. The summed E-state index contributed by atoms with van der Waals surface area (Å²) in [6.45, 7) is 6.14. The van der Waals surface area contributed by atoms with Gasteiger partial charge in [-0.05, 0) is 113 Å². The molecular weight excluding hydrogens is 833 g/mol. The third-order valence-corrected chi connectivity index (χ3v) is 12.9. The first-order chi connectivity index (χ1) is 31.9. The van der Waals surface area contributed by atoms with Gasteiger partial charge < -0.3 is 40.9 Å². The maximum atomic E-state index is 14.3. The molecule has 2 aliphatic heterocycles. The van der Waals surface area contributed by atoms with Crippen LogP contribution in [0.1, 0.15) is 71.4 Å². The average Bonchev–Trinajstić information content (AvgIpc) is 4.04. The molecule has 66 heavy (non-hydrogen) atoms. The number of nitrogens with zero attached hydrogens (tertiary/aromatic N) is 4. The Labute approximate surface area is 389 Å². The zero-order valence-corrected chi connectivity index (χ0v) is 38.8. The van der Waals surface area contributed by atoms with Crippen molar-refractivity contribution in [2.24, 2.45) is 0 Å². The lowest BCUT2D eigenvalue weighted by atomic mass is 10.0. The van der Waals surface area contributed by atoms with Crippen molar-refractivity contribution >= 4 is 35.4 Å². The highest BCUT2D eigenvalue weighted by Crippen LogP contribution is 2.25. The highest BCUT2D eigenvalue weighted by Gasteiger charge is 2.34. The summed E-state index contributed by atoms with van der Waals surface area (Å²) >= 11 is 0. The molecule has 0 bridgehead atoms. The highest BCUT2D eigenvalue weighted by atomic mass is 16.2. The molecule has 2 saturated heterocycles. The number of hydrogen-bond acceptors (Lipinski definition) is 8. The van der Waals surface area contributed by atoms with Crippen molar-refractivity contribution in [1.82, 2.24) is 40.9 Å². The van der Waals surface area contributed by atoms with Crippen LogP contribution in [-0.2, 0) is 32.0 Å². The van der Waals surface area contributed by atoms with E-state index in [4.69, 9.17) is 0 Å². The Morgan fingerprint density at radius 2 is 0.909 bits per heavy atom. The number of likely N-dealkylation sites (N-methyl/N-ethyl adjacent to an activating group) is 2. The molecule has 2 heterocycles. The number of nitrogens with one attached hydrogen (secondary N) is 4. The lowest BCUT2D eigenvalue weighted by molar-refractivity contribution is -0.134. The predicted octanol–water partition coefficient (Wildman–Crippen LogP) is 4.15. The number of hydrogen-bond donors (Lipinski definition) is 4. The minimum absolute atomic E-state index is 0.0932. The van der Waals surface area contributed by atoms with Crippen molar-refractivity contribution in [1.29, 1.82) is 0 Å². The smallest absolute Gasteiger partial charge is 0.253 e. The van der Waals surface area contributed by atoms with Crippen LogP contribution >= 0.6 is 0 Å². The summed E-state index contributed by atoms with van der Waals surface area (Å²) in [6.07, 6.45) is 4.49. The highest BCUT2D eigenvalue weighted by molar-refractivity contribution is 5.96. The van der Waals surface area contributed by atoms with Gasteiger partial charge in [-0.1, -0.05) is 84.9 Å². The molecule has 350 valence electrons. The van der Waals surface area contributed by atoms with Crippen molar-refractivity contribution in [3.05, 3.63) is 131 Å². The van der Waals surface area contributed by atoms with Crippen molar-refractivity contribution < 1.29 is 28.8 Å². The fourth-order valence-corrected chi connectivity index (χ4v) is 8.66. The predicted molar refractivity (Wildman–Crippen MR) is 257 cm³/mol. The lowest BCUT2D eigenvalue weighted by Gasteiger charge is -2.31. The Morgan fingerprint density at radius 3 is 1.26 bits per heavy atom. The SMILES string of the molecule is CN[C@@H](C)C(=O)NCC(=O)N1CCC[C@H]1CN(CCc1ccccc1)C(=O)c1ccc(-c2ccc(C(=O)N(CCc3ccccc3)C[C@@H]3CCCN3C(=O)CNC(=O)[C@H](C)NC)cc2)cc1. The molecule has 0 unspecified atom stereocenters. The first-order valence-electron chi connectivity index (χ1n) is 23.3. The number of carbonyl (C=O) groups excluding carboxylic acids is 6. The zero-order chi connectivity index (χ0) is 47.0. The van der Waals surface area contributed by atoms with E-state index in [1.165, 1.54) is 0 Å². The van der Waals surface area contributed by atoms with Gasteiger partial charge in [0.2, 0.25) is 23.6 Å². The molecule has 14 heteroatoms. The molecular formula is C52H66N8O6. The third-order valence-electron chi connectivity index (χ3n) is 12.9. The molecule has 0 aromatic heterocycles. The van der Waals surface area contributed by atoms with E-state index in [1.807, 2.05) is 119 Å². The van der Waals surface area contributed by atoms with E-state index in [0.717, 1.165) is 47.9 Å². The average molecular weight is 899 g/mol. The summed E-state index contributed by atoms with van der Waals surface area (Å²) in [7, 11) is 3.39. The van der Waals surface area contributed by atoms with Crippen LogP contribution in [0.3, 0.4) is 0 Å². The molecule has 0 aliphatic carbocycles. The van der Waals surface area contributed by atoms with Gasteiger partial charge in [0.25, 0.3) is 11.8 Å². The molecule has 4 aromatic carbocycles. The van der Waals surface area contributed by atoms with Crippen LogP contribution in [0, 0.1) is 0 Å². The van der Waals surface area contributed by atoms with Crippen molar-refractivity contribution in [2.45, 2.75) is 76.5 Å². The molecule has 6 amide bonds. The lowest BCUT2D eigenvalue weighted by Crippen LogP contribution is -2.50. The van der Waals surface area contributed by atoms with Crippen LogP contribution in [0.2, 0.25) is 0 Å². The standard InChI is InChI=1S/C52H66N8O6/c1-37(53-3)49(63)55-33-47(61)59-29-11-17-45(59)35-57(31-27-39-13-7-5-8-14-39)51(65)43-23-19-41(20-24-43)42-21-25-44(26-22-42)52(66)58(32-28-40-15-9-6-10-16-40)36-46-18-12-30-60(46)48(62)34-56-50(64)38(2)54-4/h5-10,13-16,19-26,37-38,45-46,53-54H,11-12,17-18,27-36H2,1-4H3,(H,55,63)(H,56,64)/t37-,38-,45-,46-/m0/s1. The van der Waals surface area contributed by atoms with Gasteiger partial charge in [-0.2, -0.15) is 0 Å². The van der Waals surface area contributed by atoms with Gasteiger partial charge in [-0.3, -0.25) is 28.8 Å². The van der Waals surface area contributed by atoms with Crippen LogP contribution in [0.4, 0.5) is 0 Å². The van der Waals surface area contributed by atoms with Crippen LogP contribution in [0.15, 0.2) is 109 Å². The second-order valence-corrected chi connectivity index (χ2v) is 17.4. The molecule has 0 saturated carbocycles. The van der Waals surface area contributed by atoms with E-state index >= 15 is 0 Å². The Bertz CT molecular complexity index is 2080. The van der Waals surface area contributed by atoms with Crippen LogP contribution in [0.25, 0.3) is 11.1 Å². The maximum Gasteiger partial charge on any atom is 0.253 e. The Hall–Kier alpha value is -6.38. The topological polar surface area (TPSA) is 163 Å². The van der Waals surface area contributed by atoms with Gasteiger partial charge >= 0.3 is 0 Å². The molecule has 0 spiro atoms. The number of carbonyl (C=O) groups is 6. The molecule has 14 nitrogen and oxygen atoms in total. The minimum atomic E-state index is -0.416. The summed E-state index contributed by atoms with van der Waals surface area (Å²) in [5, 5.41) is 11.2. The van der Waals surface area contributed by atoms with Crippen LogP contribution in [-0.4, -0.2) is 146 Å². The van der Waals surface area contributed by atoms with E-state index in [0.29, 0.717) is 63.2 Å². The summed E-state index contributed by atoms with van der Waals surface area (Å²) in [6, 6.07) is 33.9. The number of amides is 6. The van der Waals surface area contributed by atoms with Gasteiger partial charge in [0.15, 0.2) is 0 Å². The fourth-order valence-electron chi connectivity index (χ4n) is 8.66. The van der Waals surface area contributed by atoms with Crippen molar-refractivity contribution in [3.8, 4) is 11.1 Å². The Morgan fingerprint density at radius 1 is 0.545 bits per heavy atom. The first-order valence-corrected chi connectivity index (χ1v) is 23.3. The number of benzene rings is 4. The summed E-state index contributed by atoms with van der Waals surface area (Å²) in [5.41, 5.74) is 5.07. The van der Waals surface area contributed by atoms with E-state index in [-0.39, 0.29) is 60.6 Å². The van der Waals surface area contributed by atoms with Gasteiger partial charge in [-0.15, -0.1) is 0 Å². The van der Waals surface area contributed by atoms with Crippen molar-refractivity contribution in [3.63, 3.8) is 0 Å². The van der Waals surface area contributed by atoms with E-state index in [1.54, 1.807) is 37.7 Å². The largest absolute Gasteiger partial charge is 0.346 e. The molecule has 2 fully saturated rings. The van der Waals surface area contributed by atoms with Crippen LogP contribution < -0.4 is 21.3 Å². The maximum absolute atomic E-state index is 14.3. The number of rotatable bonds is 21. The molecule has 4 aromatic rings. The van der Waals surface area contributed by atoms with E-state index < -0.39 is 12.1 Å². The molecule has 4 atom stereocenters. The Kier molecular flexibility index (Phi) is 18.0. The summed E-state index contributed by atoms with van der Waals surface area (Å²) in [4.78, 5) is 87.2. The monoisotopic (exact) mass is 899 g/mol. The molecule has 2 aliphatic rings. The van der Waals surface area contributed by atoms with E-state index in [2.05, 4.69) is 21.3 Å². The second-order valence-electron chi connectivity index (χ2n) is 17.4. The Balaban J connectivity index is 1.13. The second kappa shape index (κ2) is 24.2. The van der Waals surface area contributed by atoms with Crippen molar-refractivity contribution in [2.75, 3.05) is 66.5 Å². The number of likely N-dealkylation sites (tertiary alicyclic amines) is 2. The first kappa shape index (κ1) is 49.1. The minimum Gasteiger partial charge on any atom is -0.346 e. The van der Waals surface area contributed by atoms with Gasteiger partial charge in [0, 0.05) is 62.5 Å². The van der Waals surface area contributed by atoms with Gasteiger partial charge in [-0.25, -0.2) is 0 Å². The molecule has 0 radical (unpaired) electrons. The van der Waals surface area contributed by atoms with Gasteiger partial charge in [0.1, 0.15) is 0 Å². The summed E-state index contributed by atoms with van der Waals surface area (Å²) in [5.74, 6) is -1.05.